The Morgan fingerprint density at radius 2 is 2.00 bits per heavy atom. The molecular weight excluding hydrogens is 354 g/mol. The number of aryl methyl sites for hydroxylation is 2. The highest BCUT2D eigenvalue weighted by atomic mass is 16.4. The molecule has 140 valence electrons. The van der Waals surface area contributed by atoms with Gasteiger partial charge in [-0.05, 0) is 60.4 Å². The minimum atomic E-state index is -0.846. The summed E-state index contributed by atoms with van der Waals surface area (Å²) in [6.07, 6.45) is 5.70. The maximum atomic E-state index is 12.7. The van der Waals surface area contributed by atoms with Crippen molar-refractivity contribution < 1.29 is 14.7 Å². The molecule has 3 heterocycles. The van der Waals surface area contributed by atoms with Crippen LogP contribution >= 0.6 is 0 Å². The largest absolute Gasteiger partial charge is 0.481 e. The number of aromatic nitrogens is 2. The first-order valence-electron chi connectivity index (χ1n) is 9.00. The molecule has 0 saturated heterocycles. The number of carboxylic acid groups (broad SMARTS) is 1. The van der Waals surface area contributed by atoms with Gasteiger partial charge in [0.05, 0.1) is 5.57 Å². The molecule has 1 aliphatic heterocycles. The fourth-order valence-electron chi connectivity index (χ4n) is 3.55. The summed E-state index contributed by atoms with van der Waals surface area (Å²) in [7, 11) is 0. The summed E-state index contributed by atoms with van der Waals surface area (Å²) in [6.45, 7) is 1.91. The molecule has 0 saturated carbocycles. The number of fused-ring (bicyclic) bond motifs is 1. The van der Waals surface area contributed by atoms with Crippen molar-refractivity contribution in [2.45, 2.75) is 19.8 Å². The lowest BCUT2D eigenvalue weighted by Crippen LogP contribution is -2.04. The Morgan fingerprint density at radius 1 is 1.21 bits per heavy atom. The zero-order valence-corrected chi connectivity index (χ0v) is 15.3. The molecule has 1 amide bonds. The third kappa shape index (κ3) is 3.32. The highest BCUT2D eigenvalue weighted by Gasteiger charge is 2.27. The highest BCUT2D eigenvalue weighted by molar-refractivity contribution is 6.36. The van der Waals surface area contributed by atoms with Gasteiger partial charge in [0, 0.05) is 41.5 Å². The van der Waals surface area contributed by atoms with E-state index in [2.05, 4.69) is 15.3 Å². The molecule has 0 aliphatic carbocycles. The van der Waals surface area contributed by atoms with Crippen molar-refractivity contribution in [1.29, 1.82) is 0 Å². The number of H-pyrrole nitrogens is 1. The zero-order valence-electron chi connectivity index (χ0n) is 15.3. The van der Waals surface area contributed by atoms with Gasteiger partial charge < -0.3 is 15.4 Å². The first-order valence-corrected chi connectivity index (χ1v) is 9.00. The molecule has 2 aromatic heterocycles. The number of rotatable bonds is 5. The number of carboxylic acids is 1. The average Bonchev–Trinajstić information content (AvgIpc) is 3.20. The molecule has 4 rings (SSSR count). The Labute approximate surface area is 162 Å². The molecule has 0 spiro atoms. The summed E-state index contributed by atoms with van der Waals surface area (Å²) >= 11 is 0. The van der Waals surface area contributed by atoms with E-state index in [-0.39, 0.29) is 12.3 Å². The smallest absolute Gasteiger partial charge is 0.303 e. The third-order valence-corrected chi connectivity index (χ3v) is 4.78. The third-order valence-electron chi connectivity index (χ3n) is 4.78. The van der Waals surface area contributed by atoms with Crippen LogP contribution in [0.1, 0.15) is 28.9 Å². The standard InChI is InChI=1S/C22H19N3O3/c1-13-11-15(5-6-20(26)27)19(24-13)12-17-21-16(14-7-9-23-10-8-14)3-2-4-18(21)25-22(17)28/h2-4,7-12,24H,5-6H2,1H3,(H,25,28)(H,26,27)/b17-12-. The minimum absolute atomic E-state index is 0.0402. The van der Waals surface area contributed by atoms with Crippen molar-refractivity contribution in [1.82, 2.24) is 9.97 Å². The molecular formula is C22H19N3O3. The van der Waals surface area contributed by atoms with Crippen molar-refractivity contribution in [3.05, 3.63) is 71.3 Å². The number of benzene rings is 1. The number of carbonyl (C=O) groups is 2. The van der Waals surface area contributed by atoms with Gasteiger partial charge in [-0.2, -0.15) is 0 Å². The fourth-order valence-corrected chi connectivity index (χ4v) is 3.55. The van der Waals surface area contributed by atoms with Gasteiger partial charge in [-0.15, -0.1) is 0 Å². The van der Waals surface area contributed by atoms with E-state index in [9.17, 15) is 9.59 Å². The Morgan fingerprint density at radius 3 is 2.75 bits per heavy atom. The van der Waals surface area contributed by atoms with Crippen LogP contribution in [0.5, 0.6) is 0 Å². The van der Waals surface area contributed by atoms with E-state index in [0.29, 0.717) is 12.0 Å². The second-order valence-corrected chi connectivity index (χ2v) is 6.76. The van der Waals surface area contributed by atoms with Gasteiger partial charge in [0.1, 0.15) is 0 Å². The predicted octanol–water partition coefficient (Wildman–Crippen LogP) is 3.90. The average molecular weight is 373 g/mol. The van der Waals surface area contributed by atoms with Crippen LogP contribution in [0.4, 0.5) is 5.69 Å². The molecule has 0 atom stereocenters. The van der Waals surface area contributed by atoms with Gasteiger partial charge in [-0.3, -0.25) is 14.6 Å². The van der Waals surface area contributed by atoms with E-state index in [4.69, 9.17) is 5.11 Å². The van der Waals surface area contributed by atoms with E-state index >= 15 is 0 Å². The lowest BCUT2D eigenvalue weighted by Gasteiger charge is -2.08. The molecule has 28 heavy (non-hydrogen) atoms. The van der Waals surface area contributed by atoms with Crippen molar-refractivity contribution in [3.8, 4) is 11.1 Å². The van der Waals surface area contributed by atoms with Crippen molar-refractivity contribution >= 4 is 29.2 Å². The molecule has 0 radical (unpaired) electrons. The molecule has 0 bridgehead atoms. The van der Waals surface area contributed by atoms with E-state index in [1.165, 1.54) is 0 Å². The minimum Gasteiger partial charge on any atom is -0.481 e. The number of aliphatic carboxylic acids is 1. The topological polar surface area (TPSA) is 95.1 Å². The second-order valence-electron chi connectivity index (χ2n) is 6.76. The molecule has 1 aromatic carbocycles. The number of hydrogen-bond donors (Lipinski definition) is 3. The molecule has 3 aromatic rings. The Balaban J connectivity index is 1.82. The van der Waals surface area contributed by atoms with Crippen LogP contribution in [0.15, 0.2) is 48.8 Å². The highest BCUT2D eigenvalue weighted by Crippen LogP contribution is 2.40. The van der Waals surface area contributed by atoms with Gasteiger partial charge in [-0.1, -0.05) is 12.1 Å². The number of anilines is 1. The van der Waals surface area contributed by atoms with E-state index in [1.807, 2.05) is 49.4 Å². The maximum Gasteiger partial charge on any atom is 0.303 e. The number of carbonyl (C=O) groups excluding carboxylic acids is 1. The van der Waals surface area contributed by atoms with Crippen molar-refractivity contribution in [2.24, 2.45) is 0 Å². The maximum absolute atomic E-state index is 12.7. The van der Waals surface area contributed by atoms with Crippen LogP contribution in [0.25, 0.3) is 22.8 Å². The molecule has 0 unspecified atom stereocenters. The zero-order chi connectivity index (χ0) is 19.7. The second kappa shape index (κ2) is 7.15. The van der Waals surface area contributed by atoms with Crippen molar-refractivity contribution in [3.63, 3.8) is 0 Å². The van der Waals surface area contributed by atoms with E-state index < -0.39 is 5.97 Å². The number of nitrogens with zero attached hydrogens (tertiary/aromatic N) is 1. The number of amides is 1. The SMILES string of the molecule is Cc1cc(CCC(=O)O)c(/C=C2\C(=O)Nc3cccc(-c4ccncc4)c32)[nH]1. The normalized spacial score (nSPS) is 14.2. The predicted molar refractivity (Wildman–Crippen MR) is 108 cm³/mol. The lowest BCUT2D eigenvalue weighted by atomic mass is 9.94. The van der Waals surface area contributed by atoms with Crippen LogP contribution in [0.3, 0.4) is 0 Å². The summed E-state index contributed by atoms with van der Waals surface area (Å²) in [5, 5.41) is 11.9. The summed E-state index contributed by atoms with van der Waals surface area (Å²) < 4.78 is 0. The number of pyridine rings is 1. The van der Waals surface area contributed by atoms with E-state index in [1.54, 1.807) is 12.4 Å². The Kier molecular flexibility index (Phi) is 4.53. The van der Waals surface area contributed by atoms with Gasteiger partial charge in [0.2, 0.25) is 0 Å². The summed E-state index contributed by atoms with van der Waals surface area (Å²) in [5.74, 6) is -1.02. The summed E-state index contributed by atoms with van der Waals surface area (Å²) in [6, 6.07) is 11.5. The number of nitrogens with one attached hydrogen (secondary N) is 2. The van der Waals surface area contributed by atoms with Crippen LogP contribution in [0.2, 0.25) is 0 Å². The number of hydrogen-bond acceptors (Lipinski definition) is 3. The number of aromatic amines is 1. The summed E-state index contributed by atoms with van der Waals surface area (Å²) in [4.78, 5) is 31.0. The lowest BCUT2D eigenvalue weighted by molar-refractivity contribution is -0.137. The first-order chi connectivity index (χ1) is 13.5. The fraction of sp³-hybridized carbons (Fsp3) is 0.136. The summed E-state index contributed by atoms with van der Waals surface area (Å²) in [5.41, 5.74) is 6.66. The van der Waals surface area contributed by atoms with Crippen molar-refractivity contribution in [2.75, 3.05) is 5.32 Å². The quantitative estimate of drug-likeness (QED) is 0.591. The first kappa shape index (κ1) is 17.7. The monoisotopic (exact) mass is 373 g/mol. The molecule has 1 aliphatic rings. The Bertz CT molecular complexity index is 1100. The molecule has 6 heteroatoms. The Hall–Kier alpha value is -3.67. The van der Waals surface area contributed by atoms with Crippen LogP contribution < -0.4 is 5.32 Å². The van der Waals surface area contributed by atoms with Gasteiger partial charge in [-0.25, -0.2) is 0 Å². The van der Waals surface area contributed by atoms with Gasteiger partial charge >= 0.3 is 5.97 Å². The van der Waals surface area contributed by atoms with Gasteiger partial charge in [0.25, 0.3) is 5.91 Å². The van der Waals surface area contributed by atoms with Crippen LogP contribution in [-0.2, 0) is 16.0 Å². The van der Waals surface area contributed by atoms with E-state index in [0.717, 1.165) is 39.3 Å². The van der Waals surface area contributed by atoms with Crippen LogP contribution in [-0.4, -0.2) is 27.0 Å². The molecule has 6 nitrogen and oxygen atoms in total. The molecule has 3 N–H and O–H groups in total. The van der Waals surface area contributed by atoms with Crippen LogP contribution in [0, 0.1) is 6.92 Å². The molecule has 0 fully saturated rings. The van der Waals surface area contributed by atoms with Gasteiger partial charge in [0.15, 0.2) is 0 Å².